The van der Waals surface area contributed by atoms with Crippen LogP contribution in [0.15, 0.2) is 48.9 Å². The molecule has 3 rings (SSSR count). The zero-order chi connectivity index (χ0) is 11.7. The molecular weight excluding hydrogens is 214 g/mol. The van der Waals surface area contributed by atoms with Gasteiger partial charge in [0.25, 0.3) is 0 Å². The molecule has 0 saturated heterocycles. The maximum Gasteiger partial charge on any atom is 0.137 e. The van der Waals surface area contributed by atoms with Crippen LogP contribution in [-0.2, 0) is 6.61 Å². The normalized spacial score (nSPS) is 10.9. The molecule has 0 aliphatic rings. The van der Waals surface area contributed by atoms with Gasteiger partial charge in [0.05, 0.1) is 18.0 Å². The van der Waals surface area contributed by atoms with Crippen LogP contribution in [0.5, 0.6) is 0 Å². The SMILES string of the molecule is OCc1nc2ccccn2c1-c1cccnc1. The molecule has 3 aromatic heterocycles. The minimum Gasteiger partial charge on any atom is -0.390 e. The molecular formula is C13H11N3O. The first-order chi connectivity index (χ1) is 8.40. The van der Waals surface area contributed by atoms with Crippen LogP contribution in [0, 0.1) is 0 Å². The molecule has 0 atom stereocenters. The van der Waals surface area contributed by atoms with Crippen LogP contribution in [0.3, 0.4) is 0 Å². The van der Waals surface area contributed by atoms with Crippen LogP contribution < -0.4 is 0 Å². The topological polar surface area (TPSA) is 50.4 Å². The standard InChI is InChI=1S/C13H11N3O/c17-9-11-13(10-4-3-6-14-8-10)16-7-2-1-5-12(16)15-11/h1-8,17H,9H2. The number of fused-ring (bicyclic) bond motifs is 1. The highest BCUT2D eigenvalue weighted by molar-refractivity contribution is 5.66. The fourth-order valence-corrected chi connectivity index (χ4v) is 1.96. The van der Waals surface area contributed by atoms with Crippen LogP contribution in [-0.4, -0.2) is 19.5 Å². The summed E-state index contributed by atoms with van der Waals surface area (Å²) in [5.41, 5.74) is 3.35. The second kappa shape index (κ2) is 3.99. The quantitative estimate of drug-likeness (QED) is 0.724. The molecule has 0 spiro atoms. The van der Waals surface area contributed by atoms with E-state index in [1.54, 1.807) is 12.4 Å². The zero-order valence-electron chi connectivity index (χ0n) is 9.11. The van der Waals surface area contributed by atoms with Crippen LogP contribution in [0.2, 0.25) is 0 Å². The van der Waals surface area contributed by atoms with Crippen molar-refractivity contribution >= 4 is 5.65 Å². The zero-order valence-corrected chi connectivity index (χ0v) is 9.11. The van der Waals surface area contributed by atoms with Crippen molar-refractivity contribution in [3.8, 4) is 11.3 Å². The number of aromatic nitrogens is 3. The van der Waals surface area contributed by atoms with Crippen molar-refractivity contribution in [2.75, 3.05) is 0 Å². The van der Waals surface area contributed by atoms with Gasteiger partial charge in [0.2, 0.25) is 0 Å². The highest BCUT2D eigenvalue weighted by Crippen LogP contribution is 2.24. The number of imidazole rings is 1. The molecule has 0 aliphatic carbocycles. The number of nitrogens with zero attached hydrogens (tertiary/aromatic N) is 3. The van der Waals surface area contributed by atoms with Gasteiger partial charge in [0, 0.05) is 24.2 Å². The third kappa shape index (κ3) is 1.59. The minimum absolute atomic E-state index is 0.0775. The number of hydrogen-bond acceptors (Lipinski definition) is 3. The molecule has 4 heteroatoms. The van der Waals surface area contributed by atoms with Crippen LogP contribution in [0.25, 0.3) is 16.9 Å². The fraction of sp³-hybridized carbons (Fsp3) is 0.0769. The van der Waals surface area contributed by atoms with E-state index in [-0.39, 0.29) is 6.61 Å². The largest absolute Gasteiger partial charge is 0.390 e. The van der Waals surface area contributed by atoms with Crippen molar-refractivity contribution in [2.24, 2.45) is 0 Å². The Morgan fingerprint density at radius 3 is 2.88 bits per heavy atom. The van der Waals surface area contributed by atoms with Crippen molar-refractivity contribution in [3.63, 3.8) is 0 Å². The molecule has 0 bridgehead atoms. The fourth-order valence-electron chi connectivity index (χ4n) is 1.96. The predicted molar refractivity (Wildman–Crippen MR) is 64.3 cm³/mol. The molecule has 0 aliphatic heterocycles. The van der Waals surface area contributed by atoms with Crippen molar-refractivity contribution in [2.45, 2.75) is 6.61 Å². The number of pyridine rings is 2. The third-order valence-electron chi connectivity index (χ3n) is 2.69. The minimum atomic E-state index is -0.0775. The Balaban J connectivity index is 2.34. The Labute approximate surface area is 98.2 Å². The van der Waals surface area contributed by atoms with Gasteiger partial charge in [-0.15, -0.1) is 0 Å². The van der Waals surface area contributed by atoms with Crippen LogP contribution in [0.4, 0.5) is 0 Å². The first-order valence-electron chi connectivity index (χ1n) is 5.37. The second-order valence-electron chi connectivity index (χ2n) is 3.74. The summed E-state index contributed by atoms with van der Waals surface area (Å²) in [7, 11) is 0. The summed E-state index contributed by atoms with van der Waals surface area (Å²) in [6.07, 6.45) is 5.44. The molecule has 0 unspecified atom stereocenters. The first-order valence-corrected chi connectivity index (χ1v) is 5.37. The Morgan fingerprint density at radius 1 is 1.18 bits per heavy atom. The summed E-state index contributed by atoms with van der Waals surface area (Å²) in [6.45, 7) is -0.0775. The molecule has 4 nitrogen and oxygen atoms in total. The average Bonchev–Trinajstić information content (AvgIpc) is 2.78. The lowest BCUT2D eigenvalue weighted by molar-refractivity contribution is 0.278. The van der Waals surface area contributed by atoms with E-state index in [9.17, 15) is 5.11 Å². The van der Waals surface area contributed by atoms with Gasteiger partial charge in [-0.2, -0.15) is 0 Å². The molecule has 3 aromatic rings. The van der Waals surface area contributed by atoms with Crippen molar-refractivity contribution in [1.29, 1.82) is 0 Å². The van der Waals surface area contributed by atoms with Gasteiger partial charge in [-0.1, -0.05) is 6.07 Å². The number of aliphatic hydroxyl groups is 1. The van der Waals surface area contributed by atoms with Gasteiger partial charge in [-0.05, 0) is 24.3 Å². The number of hydrogen-bond donors (Lipinski definition) is 1. The van der Waals surface area contributed by atoms with Crippen molar-refractivity contribution in [1.82, 2.24) is 14.4 Å². The summed E-state index contributed by atoms with van der Waals surface area (Å²) in [6, 6.07) is 9.62. The third-order valence-corrected chi connectivity index (χ3v) is 2.69. The summed E-state index contributed by atoms with van der Waals surface area (Å²) in [4.78, 5) is 8.49. The molecule has 17 heavy (non-hydrogen) atoms. The van der Waals surface area contributed by atoms with E-state index in [2.05, 4.69) is 9.97 Å². The second-order valence-corrected chi connectivity index (χ2v) is 3.74. The molecule has 0 aromatic carbocycles. The maximum atomic E-state index is 9.38. The Morgan fingerprint density at radius 2 is 2.12 bits per heavy atom. The van der Waals surface area contributed by atoms with Gasteiger partial charge >= 0.3 is 0 Å². The highest BCUT2D eigenvalue weighted by Gasteiger charge is 2.12. The molecule has 1 N–H and O–H groups in total. The van der Waals surface area contributed by atoms with E-state index in [1.807, 2.05) is 40.9 Å². The molecule has 0 amide bonds. The summed E-state index contributed by atoms with van der Waals surface area (Å²) in [5, 5.41) is 9.38. The van der Waals surface area contributed by atoms with Crippen molar-refractivity contribution < 1.29 is 5.11 Å². The predicted octanol–water partition coefficient (Wildman–Crippen LogP) is 1.89. The van der Waals surface area contributed by atoms with Crippen LogP contribution >= 0.6 is 0 Å². The van der Waals surface area contributed by atoms with E-state index in [1.165, 1.54) is 0 Å². The number of aliphatic hydroxyl groups excluding tert-OH is 1. The smallest absolute Gasteiger partial charge is 0.137 e. The van der Waals surface area contributed by atoms with E-state index in [0.29, 0.717) is 5.69 Å². The van der Waals surface area contributed by atoms with E-state index in [4.69, 9.17) is 0 Å². The lowest BCUT2D eigenvalue weighted by atomic mass is 10.2. The summed E-state index contributed by atoms with van der Waals surface area (Å²) >= 11 is 0. The van der Waals surface area contributed by atoms with E-state index >= 15 is 0 Å². The maximum absolute atomic E-state index is 9.38. The summed E-state index contributed by atoms with van der Waals surface area (Å²) in [5.74, 6) is 0. The first kappa shape index (κ1) is 9.99. The molecule has 84 valence electrons. The summed E-state index contributed by atoms with van der Waals surface area (Å²) < 4.78 is 1.96. The highest BCUT2D eigenvalue weighted by atomic mass is 16.3. The lowest BCUT2D eigenvalue weighted by Crippen LogP contribution is -1.91. The van der Waals surface area contributed by atoms with E-state index in [0.717, 1.165) is 16.9 Å². The van der Waals surface area contributed by atoms with Gasteiger partial charge in [-0.3, -0.25) is 9.38 Å². The Bertz CT molecular complexity index is 646. The average molecular weight is 225 g/mol. The van der Waals surface area contributed by atoms with Crippen LogP contribution in [0.1, 0.15) is 5.69 Å². The molecule has 0 saturated carbocycles. The van der Waals surface area contributed by atoms with Gasteiger partial charge in [0.1, 0.15) is 5.65 Å². The lowest BCUT2D eigenvalue weighted by Gasteiger charge is -2.02. The molecule has 0 radical (unpaired) electrons. The number of rotatable bonds is 2. The molecule has 3 heterocycles. The Kier molecular flexibility index (Phi) is 2.34. The van der Waals surface area contributed by atoms with Crippen molar-refractivity contribution in [3.05, 3.63) is 54.6 Å². The Hall–Kier alpha value is -2.20. The van der Waals surface area contributed by atoms with Gasteiger partial charge in [-0.25, -0.2) is 4.98 Å². The monoisotopic (exact) mass is 225 g/mol. The van der Waals surface area contributed by atoms with Gasteiger partial charge < -0.3 is 5.11 Å². The molecule has 0 fully saturated rings. The van der Waals surface area contributed by atoms with Gasteiger partial charge in [0.15, 0.2) is 0 Å². The van der Waals surface area contributed by atoms with E-state index < -0.39 is 0 Å².